The van der Waals surface area contributed by atoms with Gasteiger partial charge in [-0.3, -0.25) is 9.59 Å². The Morgan fingerprint density at radius 2 is 1.72 bits per heavy atom. The van der Waals surface area contributed by atoms with E-state index < -0.39 is 12.1 Å². The van der Waals surface area contributed by atoms with E-state index >= 15 is 0 Å². The summed E-state index contributed by atoms with van der Waals surface area (Å²) in [5.74, 6) is -1.20. The number of carbonyl (C=O) groups is 3. The molecule has 1 unspecified atom stereocenters. The van der Waals surface area contributed by atoms with E-state index in [0.29, 0.717) is 11.4 Å². The zero-order valence-corrected chi connectivity index (χ0v) is 14.4. The van der Waals surface area contributed by atoms with E-state index in [2.05, 4.69) is 5.32 Å². The van der Waals surface area contributed by atoms with Gasteiger partial charge in [0.1, 0.15) is 0 Å². The molecule has 0 aliphatic rings. The average Bonchev–Trinajstić information content (AvgIpc) is 2.60. The third-order valence-corrected chi connectivity index (χ3v) is 3.52. The van der Waals surface area contributed by atoms with Crippen LogP contribution in [-0.2, 0) is 14.3 Å². The molecule has 0 radical (unpaired) electrons. The number of nitrogens with zero attached hydrogens (tertiary/aromatic N) is 1. The van der Waals surface area contributed by atoms with Gasteiger partial charge >= 0.3 is 5.97 Å². The predicted octanol–water partition coefficient (Wildman–Crippen LogP) is 2.85. The molecule has 0 fully saturated rings. The van der Waals surface area contributed by atoms with Gasteiger partial charge in [-0.25, -0.2) is 4.79 Å². The first kappa shape index (κ1) is 18.2. The summed E-state index contributed by atoms with van der Waals surface area (Å²) < 4.78 is 5.26. The molecule has 1 atom stereocenters. The van der Waals surface area contributed by atoms with E-state index in [1.165, 1.54) is 24.8 Å². The lowest BCUT2D eigenvalue weighted by atomic mass is 10.2. The maximum atomic E-state index is 12.4. The smallest absolute Gasteiger partial charge is 0.338 e. The number of anilines is 2. The Bertz CT molecular complexity index is 774. The minimum atomic E-state index is -0.942. The van der Waals surface area contributed by atoms with Gasteiger partial charge in [-0.05, 0) is 37.3 Å². The average molecular weight is 340 g/mol. The highest BCUT2D eigenvalue weighted by molar-refractivity contribution is 5.99. The van der Waals surface area contributed by atoms with Gasteiger partial charge in [0.25, 0.3) is 5.91 Å². The van der Waals surface area contributed by atoms with E-state index in [0.717, 1.165) is 0 Å². The Kier molecular flexibility index (Phi) is 5.89. The summed E-state index contributed by atoms with van der Waals surface area (Å²) >= 11 is 0. The lowest BCUT2D eigenvalue weighted by molar-refractivity contribution is -0.126. The Balaban J connectivity index is 2.04. The van der Waals surface area contributed by atoms with Gasteiger partial charge in [0, 0.05) is 25.3 Å². The molecule has 0 saturated heterocycles. The SMILES string of the molecule is CC(=O)Nc1cccc(C(=O)OC(C)C(=O)N(C)c2ccccc2)c1. The second-order valence-corrected chi connectivity index (χ2v) is 5.54. The first-order valence-electron chi connectivity index (χ1n) is 7.79. The van der Waals surface area contributed by atoms with Crippen molar-refractivity contribution in [3.63, 3.8) is 0 Å². The molecule has 2 amide bonds. The largest absolute Gasteiger partial charge is 0.449 e. The fourth-order valence-corrected chi connectivity index (χ4v) is 2.26. The van der Waals surface area contributed by atoms with Crippen LogP contribution in [0.1, 0.15) is 24.2 Å². The Morgan fingerprint density at radius 1 is 1.04 bits per heavy atom. The van der Waals surface area contributed by atoms with Gasteiger partial charge in [0.05, 0.1) is 5.56 Å². The number of amides is 2. The van der Waals surface area contributed by atoms with Gasteiger partial charge < -0.3 is 15.0 Å². The van der Waals surface area contributed by atoms with Crippen LogP contribution < -0.4 is 10.2 Å². The van der Waals surface area contributed by atoms with Gasteiger partial charge in [0.15, 0.2) is 6.10 Å². The fourth-order valence-electron chi connectivity index (χ4n) is 2.26. The lowest BCUT2D eigenvalue weighted by Gasteiger charge is -2.21. The number of rotatable bonds is 5. The van der Waals surface area contributed by atoms with Crippen molar-refractivity contribution in [1.29, 1.82) is 0 Å². The number of benzene rings is 2. The van der Waals surface area contributed by atoms with E-state index in [1.807, 2.05) is 18.2 Å². The summed E-state index contributed by atoms with van der Waals surface area (Å²) in [6.07, 6.45) is -0.942. The molecule has 0 bridgehead atoms. The third kappa shape index (κ3) is 4.91. The summed E-state index contributed by atoms with van der Waals surface area (Å²) in [6, 6.07) is 15.4. The van der Waals surface area contributed by atoms with Crippen LogP contribution in [0, 0.1) is 0 Å². The zero-order chi connectivity index (χ0) is 18.4. The molecule has 6 heteroatoms. The van der Waals surface area contributed by atoms with Crippen LogP contribution in [0.25, 0.3) is 0 Å². The number of carbonyl (C=O) groups excluding carboxylic acids is 3. The Hall–Kier alpha value is -3.15. The molecule has 0 aliphatic carbocycles. The maximum Gasteiger partial charge on any atom is 0.338 e. The normalized spacial score (nSPS) is 11.3. The number of hydrogen-bond acceptors (Lipinski definition) is 4. The van der Waals surface area contributed by atoms with E-state index in [4.69, 9.17) is 4.74 Å². The van der Waals surface area contributed by atoms with Crippen LogP contribution in [0.5, 0.6) is 0 Å². The zero-order valence-electron chi connectivity index (χ0n) is 14.4. The van der Waals surface area contributed by atoms with Crippen molar-refractivity contribution >= 4 is 29.2 Å². The summed E-state index contributed by atoms with van der Waals surface area (Å²) in [4.78, 5) is 37.2. The molecule has 0 heterocycles. The number of nitrogens with one attached hydrogen (secondary N) is 1. The van der Waals surface area contributed by atoms with Gasteiger partial charge in [-0.1, -0.05) is 24.3 Å². The molecular formula is C19H20N2O4. The second kappa shape index (κ2) is 8.10. The first-order valence-corrected chi connectivity index (χ1v) is 7.79. The third-order valence-electron chi connectivity index (χ3n) is 3.52. The summed E-state index contributed by atoms with van der Waals surface area (Å²) in [6.45, 7) is 2.91. The van der Waals surface area contributed by atoms with Crippen LogP contribution >= 0.6 is 0 Å². The quantitative estimate of drug-likeness (QED) is 0.849. The number of para-hydroxylation sites is 1. The second-order valence-electron chi connectivity index (χ2n) is 5.54. The molecule has 0 aromatic heterocycles. The number of esters is 1. The standard InChI is InChI=1S/C19H20N2O4/c1-13(18(23)21(3)17-10-5-4-6-11-17)25-19(24)15-8-7-9-16(12-15)20-14(2)22/h4-13H,1-3H3,(H,20,22). The minimum absolute atomic E-state index is 0.237. The Morgan fingerprint density at radius 3 is 2.36 bits per heavy atom. The molecule has 0 aliphatic heterocycles. The number of likely N-dealkylation sites (N-methyl/N-ethyl adjacent to an activating group) is 1. The highest BCUT2D eigenvalue weighted by Gasteiger charge is 2.23. The minimum Gasteiger partial charge on any atom is -0.449 e. The number of hydrogen-bond donors (Lipinski definition) is 1. The highest BCUT2D eigenvalue weighted by Crippen LogP contribution is 2.15. The monoisotopic (exact) mass is 340 g/mol. The topological polar surface area (TPSA) is 75.7 Å². The van der Waals surface area contributed by atoms with Crippen molar-refractivity contribution < 1.29 is 19.1 Å². The van der Waals surface area contributed by atoms with Crippen molar-refractivity contribution in [2.24, 2.45) is 0 Å². The van der Waals surface area contributed by atoms with Crippen molar-refractivity contribution in [3.05, 3.63) is 60.2 Å². The highest BCUT2D eigenvalue weighted by atomic mass is 16.5. The molecule has 2 aromatic rings. The van der Waals surface area contributed by atoms with Crippen LogP contribution in [0.15, 0.2) is 54.6 Å². The van der Waals surface area contributed by atoms with Gasteiger partial charge in [-0.15, -0.1) is 0 Å². The lowest BCUT2D eigenvalue weighted by Crippen LogP contribution is -2.37. The van der Waals surface area contributed by atoms with E-state index in [1.54, 1.807) is 37.4 Å². The molecule has 2 rings (SSSR count). The molecule has 6 nitrogen and oxygen atoms in total. The number of ether oxygens (including phenoxy) is 1. The molecule has 25 heavy (non-hydrogen) atoms. The molecule has 1 N–H and O–H groups in total. The molecule has 130 valence electrons. The van der Waals surface area contributed by atoms with Gasteiger partial charge in [0.2, 0.25) is 5.91 Å². The molecular weight excluding hydrogens is 320 g/mol. The van der Waals surface area contributed by atoms with Crippen molar-refractivity contribution in [2.75, 3.05) is 17.3 Å². The Labute approximate surface area is 146 Å². The summed E-state index contributed by atoms with van der Waals surface area (Å²) in [5.41, 5.74) is 1.46. The van der Waals surface area contributed by atoms with E-state index in [9.17, 15) is 14.4 Å². The summed E-state index contributed by atoms with van der Waals surface area (Å²) in [7, 11) is 1.62. The van der Waals surface area contributed by atoms with Crippen molar-refractivity contribution in [3.8, 4) is 0 Å². The van der Waals surface area contributed by atoms with Crippen LogP contribution in [-0.4, -0.2) is 30.9 Å². The van der Waals surface area contributed by atoms with Crippen molar-refractivity contribution in [1.82, 2.24) is 0 Å². The predicted molar refractivity (Wildman–Crippen MR) is 95.5 cm³/mol. The molecule has 0 saturated carbocycles. The first-order chi connectivity index (χ1) is 11.9. The van der Waals surface area contributed by atoms with Crippen LogP contribution in [0.2, 0.25) is 0 Å². The maximum absolute atomic E-state index is 12.4. The van der Waals surface area contributed by atoms with E-state index in [-0.39, 0.29) is 17.4 Å². The van der Waals surface area contributed by atoms with Gasteiger partial charge in [-0.2, -0.15) is 0 Å². The molecule has 2 aromatic carbocycles. The molecule has 0 spiro atoms. The van der Waals surface area contributed by atoms with Crippen molar-refractivity contribution in [2.45, 2.75) is 20.0 Å². The fraction of sp³-hybridized carbons (Fsp3) is 0.211. The van der Waals surface area contributed by atoms with Crippen LogP contribution in [0.3, 0.4) is 0 Å². The summed E-state index contributed by atoms with van der Waals surface area (Å²) in [5, 5.41) is 2.59. The van der Waals surface area contributed by atoms with Crippen LogP contribution in [0.4, 0.5) is 11.4 Å².